The molecule has 2 saturated heterocycles. The highest BCUT2D eigenvalue weighted by Crippen LogP contribution is 2.22. The highest BCUT2D eigenvalue weighted by atomic mass is 35.5. The maximum atomic E-state index is 6.02. The molecule has 0 aromatic carbocycles. The fourth-order valence-electron chi connectivity index (χ4n) is 2.98. The Balaban J connectivity index is 0.00000144. The highest BCUT2D eigenvalue weighted by Gasteiger charge is 2.25. The largest absolute Gasteiger partial charge is 0.381 e. The van der Waals surface area contributed by atoms with E-state index < -0.39 is 0 Å². The van der Waals surface area contributed by atoms with Crippen LogP contribution in [0.1, 0.15) is 32.6 Å². The van der Waals surface area contributed by atoms with Crippen LogP contribution in [0.15, 0.2) is 0 Å². The van der Waals surface area contributed by atoms with Gasteiger partial charge in [-0.15, -0.1) is 12.4 Å². The molecule has 2 aliphatic heterocycles. The van der Waals surface area contributed by atoms with Crippen LogP contribution in [0.2, 0.25) is 0 Å². The van der Waals surface area contributed by atoms with Crippen LogP contribution in [0, 0.1) is 11.8 Å². The number of likely N-dealkylation sites (tertiary alicyclic amines) is 1. The van der Waals surface area contributed by atoms with Crippen LogP contribution < -0.4 is 5.73 Å². The zero-order valence-electron chi connectivity index (χ0n) is 10.9. The van der Waals surface area contributed by atoms with Gasteiger partial charge >= 0.3 is 0 Å². The first kappa shape index (κ1) is 15.2. The lowest BCUT2D eigenvalue weighted by Crippen LogP contribution is -2.44. The lowest BCUT2D eigenvalue weighted by Gasteiger charge is -2.37. The Hall–Kier alpha value is 0.170. The number of nitrogens with two attached hydrogens (primary N) is 1. The van der Waals surface area contributed by atoms with Gasteiger partial charge in [0.15, 0.2) is 0 Å². The van der Waals surface area contributed by atoms with Crippen LogP contribution in [0.5, 0.6) is 0 Å². The van der Waals surface area contributed by atoms with Gasteiger partial charge in [-0.05, 0) is 51.0 Å². The summed E-state index contributed by atoms with van der Waals surface area (Å²) in [5.41, 5.74) is 6.02. The minimum absolute atomic E-state index is 0. The van der Waals surface area contributed by atoms with E-state index in [0.29, 0.717) is 12.0 Å². The van der Waals surface area contributed by atoms with Crippen molar-refractivity contribution in [3.63, 3.8) is 0 Å². The average Bonchev–Trinajstić information content (AvgIpc) is 2.30. The first-order chi connectivity index (χ1) is 7.75. The van der Waals surface area contributed by atoms with Crippen molar-refractivity contribution in [3.8, 4) is 0 Å². The van der Waals surface area contributed by atoms with Crippen LogP contribution in [-0.4, -0.2) is 43.8 Å². The van der Waals surface area contributed by atoms with E-state index in [9.17, 15) is 0 Å². The Labute approximate surface area is 111 Å². The predicted molar refractivity (Wildman–Crippen MR) is 73.6 cm³/mol. The number of ether oxygens (including phenoxy) is 1. The van der Waals surface area contributed by atoms with Gasteiger partial charge in [-0.3, -0.25) is 0 Å². The smallest absolute Gasteiger partial charge is 0.0469 e. The summed E-state index contributed by atoms with van der Waals surface area (Å²) in [5.74, 6) is 1.58. The summed E-state index contributed by atoms with van der Waals surface area (Å²) in [6.07, 6.45) is 5.15. The first-order valence-electron chi connectivity index (χ1n) is 6.81. The Kier molecular flexibility index (Phi) is 6.78. The SMILES string of the molecule is CC(N)C1CCCN(CC2CCOCC2)C1.Cl. The fourth-order valence-corrected chi connectivity index (χ4v) is 2.98. The number of rotatable bonds is 3. The van der Waals surface area contributed by atoms with Gasteiger partial charge in [-0.2, -0.15) is 0 Å². The standard InChI is InChI=1S/C13H26N2O.ClH/c1-11(14)13-3-2-6-15(10-13)9-12-4-7-16-8-5-12;/h11-13H,2-10,14H2,1H3;1H. The van der Waals surface area contributed by atoms with Crippen LogP contribution >= 0.6 is 12.4 Å². The molecule has 2 unspecified atom stereocenters. The molecule has 2 aliphatic rings. The molecule has 0 radical (unpaired) electrons. The molecule has 0 spiro atoms. The van der Waals surface area contributed by atoms with E-state index >= 15 is 0 Å². The first-order valence-corrected chi connectivity index (χ1v) is 6.81. The third kappa shape index (κ3) is 4.74. The second-order valence-corrected chi connectivity index (χ2v) is 5.58. The van der Waals surface area contributed by atoms with E-state index in [0.717, 1.165) is 19.1 Å². The minimum Gasteiger partial charge on any atom is -0.381 e. The fraction of sp³-hybridized carbons (Fsp3) is 1.00. The number of piperidine rings is 1. The molecule has 0 aliphatic carbocycles. The Morgan fingerprint density at radius 1 is 1.29 bits per heavy atom. The monoisotopic (exact) mass is 262 g/mol. The molecule has 2 rings (SSSR count). The van der Waals surface area contributed by atoms with Crippen molar-refractivity contribution in [2.45, 2.75) is 38.6 Å². The van der Waals surface area contributed by atoms with Crippen LogP contribution in [-0.2, 0) is 4.74 Å². The summed E-state index contributed by atoms with van der Waals surface area (Å²) in [7, 11) is 0. The molecule has 2 atom stereocenters. The zero-order valence-corrected chi connectivity index (χ0v) is 11.8. The van der Waals surface area contributed by atoms with Crippen molar-refractivity contribution in [2.24, 2.45) is 17.6 Å². The molecule has 4 heteroatoms. The molecule has 2 N–H and O–H groups in total. The Morgan fingerprint density at radius 2 is 2.00 bits per heavy atom. The van der Waals surface area contributed by atoms with Crippen LogP contribution in [0.4, 0.5) is 0 Å². The van der Waals surface area contributed by atoms with Gasteiger partial charge < -0.3 is 15.4 Å². The third-order valence-corrected chi connectivity index (χ3v) is 4.14. The van der Waals surface area contributed by atoms with Crippen molar-refractivity contribution < 1.29 is 4.74 Å². The molecule has 0 amide bonds. The topological polar surface area (TPSA) is 38.5 Å². The van der Waals surface area contributed by atoms with Crippen molar-refractivity contribution in [1.82, 2.24) is 4.90 Å². The number of nitrogens with zero attached hydrogens (tertiary/aromatic N) is 1. The van der Waals surface area contributed by atoms with E-state index in [4.69, 9.17) is 10.5 Å². The summed E-state index contributed by atoms with van der Waals surface area (Å²) in [4.78, 5) is 2.63. The van der Waals surface area contributed by atoms with E-state index in [2.05, 4.69) is 11.8 Å². The molecule has 2 fully saturated rings. The lowest BCUT2D eigenvalue weighted by atomic mass is 9.90. The molecule has 0 bridgehead atoms. The van der Waals surface area contributed by atoms with Gasteiger partial charge in [0, 0.05) is 32.3 Å². The molecule has 3 nitrogen and oxygen atoms in total. The number of hydrogen-bond donors (Lipinski definition) is 1. The molecular formula is C13H27ClN2O. The molecule has 0 aromatic rings. The summed E-state index contributed by atoms with van der Waals surface area (Å²) in [5, 5.41) is 0. The number of hydrogen-bond acceptors (Lipinski definition) is 3. The van der Waals surface area contributed by atoms with Gasteiger partial charge in [-0.1, -0.05) is 0 Å². The van der Waals surface area contributed by atoms with E-state index in [1.807, 2.05) is 0 Å². The molecule has 0 aromatic heterocycles. The van der Waals surface area contributed by atoms with Gasteiger partial charge in [0.25, 0.3) is 0 Å². The third-order valence-electron chi connectivity index (χ3n) is 4.14. The molecule has 17 heavy (non-hydrogen) atoms. The summed E-state index contributed by atoms with van der Waals surface area (Å²) >= 11 is 0. The van der Waals surface area contributed by atoms with Gasteiger partial charge in [-0.25, -0.2) is 0 Å². The Bertz CT molecular complexity index is 208. The molecule has 0 saturated carbocycles. The quantitative estimate of drug-likeness (QED) is 0.844. The van der Waals surface area contributed by atoms with Crippen molar-refractivity contribution in [2.75, 3.05) is 32.8 Å². The Morgan fingerprint density at radius 3 is 2.65 bits per heavy atom. The maximum absolute atomic E-state index is 6.02. The predicted octanol–water partition coefficient (Wildman–Crippen LogP) is 1.89. The molecule has 2 heterocycles. The van der Waals surface area contributed by atoms with Crippen LogP contribution in [0.25, 0.3) is 0 Å². The maximum Gasteiger partial charge on any atom is 0.0469 e. The van der Waals surface area contributed by atoms with Crippen molar-refractivity contribution in [1.29, 1.82) is 0 Å². The summed E-state index contributed by atoms with van der Waals surface area (Å²) in [6.45, 7) is 7.86. The normalized spacial score (nSPS) is 29.6. The average molecular weight is 263 g/mol. The second kappa shape index (κ2) is 7.57. The van der Waals surface area contributed by atoms with Crippen molar-refractivity contribution in [3.05, 3.63) is 0 Å². The number of halogens is 1. The molecular weight excluding hydrogens is 236 g/mol. The lowest BCUT2D eigenvalue weighted by molar-refractivity contribution is 0.0440. The van der Waals surface area contributed by atoms with Gasteiger partial charge in [0.05, 0.1) is 0 Å². The van der Waals surface area contributed by atoms with E-state index in [1.165, 1.54) is 45.3 Å². The summed E-state index contributed by atoms with van der Waals surface area (Å²) in [6, 6.07) is 0.359. The van der Waals surface area contributed by atoms with Crippen molar-refractivity contribution >= 4 is 12.4 Å². The molecule has 102 valence electrons. The zero-order chi connectivity index (χ0) is 11.4. The highest BCUT2D eigenvalue weighted by molar-refractivity contribution is 5.85. The van der Waals surface area contributed by atoms with Crippen LogP contribution in [0.3, 0.4) is 0 Å². The second-order valence-electron chi connectivity index (χ2n) is 5.58. The van der Waals surface area contributed by atoms with Gasteiger partial charge in [0.1, 0.15) is 0 Å². The summed E-state index contributed by atoms with van der Waals surface area (Å²) < 4.78 is 5.41. The van der Waals surface area contributed by atoms with E-state index in [-0.39, 0.29) is 12.4 Å². The van der Waals surface area contributed by atoms with Gasteiger partial charge in [0.2, 0.25) is 0 Å². The van der Waals surface area contributed by atoms with E-state index in [1.54, 1.807) is 0 Å². The minimum atomic E-state index is 0.